The van der Waals surface area contributed by atoms with Crippen LogP contribution in [-0.4, -0.2) is 27.1 Å². The third-order valence-corrected chi connectivity index (χ3v) is 6.19. The Bertz CT molecular complexity index is 975. The summed E-state index contributed by atoms with van der Waals surface area (Å²) in [6.45, 7) is 2.65. The fraction of sp³-hybridized carbons (Fsp3) is 0.417. The van der Waals surface area contributed by atoms with Crippen molar-refractivity contribution >= 4 is 17.4 Å². The van der Waals surface area contributed by atoms with Gasteiger partial charge in [-0.1, -0.05) is 62.6 Å². The molecule has 1 saturated carbocycles. The fourth-order valence-electron chi connectivity index (χ4n) is 4.55. The third kappa shape index (κ3) is 3.74. The number of aliphatic imine (C=N–C) groups is 1. The highest BCUT2D eigenvalue weighted by Gasteiger charge is 2.49. The van der Waals surface area contributed by atoms with Gasteiger partial charge in [0, 0.05) is 12.5 Å². The molecule has 2 aliphatic rings. The summed E-state index contributed by atoms with van der Waals surface area (Å²) < 4.78 is 0. The molecule has 0 bridgehead atoms. The standard InChI is InChI=1S/C24H27N3O3/c1-2-3-10-22-25-24(15-6-7-16-24)23(28)26(22)17-18-11-13-19(14-12-18)20-8-4-5-9-21(20)27(29)30/h4-5,8-9,11-14H,2-3,6-7,10,15-17H2,1H3. The Morgan fingerprint density at radius 1 is 1.10 bits per heavy atom. The van der Waals surface area contributed by atoms with Crippen molar-refractivity contribution in [1.82, 2.24) is 4.90 Å². The van der Waals surface area contributed by atoms with Crippen LogP contribution in [0.1, 0.15) is 57.4 Å². The van der Waals surface area contributed by atoms with E-state index in [1.807, 2.05) is 29.2 Å². The number of carbonyl (C=O) groups is 1. The van der Waals surface area contributed by atoms with Crippen molar-refractivity contribution in [2.24, 2.45) is 4.99 Å². The summed E-state index contributed by atoms with van der Waals surface area (Å²) >= 11 is 0. The molecule has 1 heterocycles. The van der Waals surface area contributed by atoms with E-state index in [4.69, 9.17) is 4.99 Å². The summed E-state index contributed by atoms with van der Waals surface area (Å²) in [7, 11) is 0. The molecule has 0 aromatic heterocycles. The normalized spacial score (nSPS) is 17.6. The average molecular weight is 405 g/mol. The van der Waals surface area contributed by atoms with Crippen LogP contribution in [0.3, 0.4) is 0 Å². The molecular weight excluding hydrogens is 378 g/mol. The minimum Gasteiger partial charge on any atom is -0.294 e. The molecule has 156 valence electrons. The maximum Gasteiger partial charge on any atom is 0.277 e. The third-order valence-electron chi connectivity index (χ3n) is 6.19. The zero-order valence-corrected chi connectivity index (χ0v) is 17.3. The highest BCUT2D eigenvalue weighted by Crippen LogP contribution is 2.40. The van der Waals surface area contributed by atoms with Gasteiger partial charge in [0.05, 0.1) is 17.0 Å². The Morgan fingerprint density at radius 2 is 1.80 bits per heavy atom. The lowest BCUT2D eigenvalue weighted by Gasteiger charge is -2.22. The number of amides is 1. The number of nitro groups is 1. The number of benzene rings is 2. The van der Waals surface area contributed by atoms with Crippen molar-refractivity contribution in [2.45, 2.75) is 64.0 Å². The minimum absolute atomic E-state index is 0.0946. The number of hydrogen-bond donors (Lipinski definition) is 0. The van der Waals surface area contributed by atoms with Crippen molar-refractivity contribution in [2.75, 3.05) is 0 Å². The van der Waals surface area contributed by atoms with E-state index in [0.717, 1.165) is 61.9 Å². The SMILES string of the molecule is CCCCC1=NC2(CCCC2)C(=O)N1Cc1ccc(-c2ccccc2[N+](=O)[O-])cc1. The molecule has 30 heavy (non-hydrogen) atoms. The number of nitro benzene ring substituents is 1. The molecule has 0 unspecified atom stereocenters. The summed E-state index contributed by atoms with van der Waals surface area (Å²) in [4.78, 5) is 31.0. The Balaban J connectivity index is 1.56. The van der Waals surface area contributed by atoms with Crippen LogP contribution in [0.4, 0.5) is 5.69 Å². The van der Waals surface area contributed by atoms with E-state index in [1.54, 1.807) is 18.2 Å². The van der Waals surface area contributed by atoms with Gasteiger partial charge in [0.15, 0.2) is 0 Å². The van der Waals surface area contributed by atoms with Crippen molar-refractivity contribution in [1.29, 1.82) is 0 Å². The van der Waals surface area contributed by atoms with Crippen LogP contribution in [0.2, 0.25) is 0 Å². The van der Waals surface area contributed by atoms with Crippen molar-refractivity contribution < 1.29 is 9.72 Å². The second-order valence-electron chi connectivity index (χ2n) is 8.23. The van der Waals surface area contributed by atoms with Crippen LogP contribution in [0.5, 0.6) is 0 Å². The monoisotopic (exact) mass is 405 g/mol. The molecule has 0 radical (unpaired) electrons. The van der Waals surface area contributed by atoms with Gasteiger partial charge in [0.1, 0.15) is 11.4 Å². The van der Waals surface area contributed by atoms with Gasteiger partial charge < -0.3 is 0 Å². The molecule has 1 aliphatic carbocycles. The molecule has 1 spiro atoms. The molecule has 0 atom stereocenters. The van der Waals surface area contributed by atoms with Gasteiger partial charge in [-0.15, -0.1) is 0 Å². The molecule has 0 saturated heterocycles. The van der Waals surface area contributed by atoms with E-state index in [0.29, 0.717) is 12.1 Å². The summed E-state index contributed by atoms with van der Waals surface area (Å²) in [6, 6.07) is 14.5. The van der Waals surface area contributed by atoms with E-state index >= 15 is 0 Å². The first-order valence-electron chi connectivity index (χ1n) is 10.8. The van der Waals surface area contributed by atoms with Gasteiger partial charge in [0.2, 0.25) is 0 Å². The predicted octanol–water partition coefficient (Wildman–Crippen LogP) is 5.51. The van der Waals surface area contributed by atoms with E-state index in [2.05, 4.69) is 6.92 Å². The first-order valence-corrected chi connectivity index (χ1v) is 10.8. The minimum atomic E-state index is -0.520. The van der Waals surface area contributed by atoms with Crippen LogP contribution >= 0.6 is 0 Å². The summed E-state index contributed by atoms with van der Waals surface area (Å²) in [5, 5.41) is 11.3. The quantitative estimate of drug-likeness (QED) is 0.450. The maximum atomic E-state index is 13.3. The lowest BCUT2D eigenvalue weighted by Crippen LogP contribution is -2.40. The van der Waals surface area contributed by atoms with E-state index in [9.17, 15) is 14.9 Å². The zero-order valence-electron chi connectivity index (χ0n) is 17.3. The summed E-state index contributed by atoms with van der Waals surface area (Å²) in [6.07, 6.45) is 6.76. The van der Waals surface area contributed by atoms with Crippen molar-refractivity contribution in [3.8, 4) is 11.1 Å². The molecule has 2 aromatic carbocycles. The zero-order chi connectivity index (χ0) is 21.1. The predicted molar refractivity (Wildman–Crippen MR) is 117 cm³/mol. The fourth-order valence-corrected chi connectivity index (χ4v) is 4.55. The van der Waals surface area contributed by atoms with Crippen molar-refractivity contribution in [3.63, 3.8) is 0 Å². The summed E-state index contributed by atoms with van der Waals surface area (Å²) in [5.74, 6) is 1.07. The van der Waals surface area contributed by atoms with Gasteiger partial charge in [-0.3, -0.25) is 24.8 Å². The second kappa shape index (κ2) is 8.38. The Morgan fingerprint density at radius 3 is 2.47 bits per heavy atom. The molecule has 6 heteroatoms. The molecular formula is C24H27N3O3. The topological polar surface area (TPSA) is 75.8 Å². The van der Waals surface area contributed by atoms with Gasteiger partial charge in [-0.25, -0.2) is 0 Å². The maximum absolute atomic E-state index is 13.3. The van der Waals surface area contributed by atoms with Crippen LogP contribution in [0, 0.1) is 10.1 Å². The molecule has 1 aliphatic heterocycles. The molecule has 2 aromatic rings. The van der Waals surface area contributed by atoms with Crippen LogP contribution in [0.15, 0.2) is 53.5 Å². The number of amidine groups is 1. The Hall–Kier alpha value is -3.02. The molecule has 1 amide bonds. The van der Waals surface area contributed by atoms with Gasteiger partial charge in [-0.05, 0) is 36.5 Å². The number of unbranched alkanes of at least 4 members (excludes halogenated alkanes) is 1. The smallest absolute Gasteiger partial charge is 0.277 e. The van der Waals surface area contributed by atoms with E-state index in [1.165, 1.54) is 6.07 Å². The summed E-state index contributed by atoms with van der Waals surface area (Å²) in [5.41, 5.74) is 1.97. The lowest BCUT2D eigenvalue weighted by atomic mass is 9.98. The number of carbonyl (C=O) groups excluding carboxylic acids is 1. The number of para-hydroxylation sites is 1. The number of nitrogens with zero attached hydrogens (tertiary/aromatic N) is 3. The molecule has 4 rings (SSSR count). The van der Waals surface area contributed by atoms with E-state index in [-0.39, 0.29) is 16.5 Å². The number of rotatable bonds is 7. The second-order valence-corrected chi connectivity index (χ2v) is 8.23. The first kappa shape index (κ1) is 20.3. The highest BCUT2D eigenvalue weighted by atomic mass is 16.6. The van der Waals surface area contributed by atoms with Crippen LogP contribution in [0.25, 0.3) is 11.1 Å². The average Bonchev–Trinajstić information content (AvgIpc) is 3.33. The number of hydrogen-bond acceptors (Lipinski definition) is 4. The van der Waals surface area contributed by atoms with Crippen LogP contribution in [-0.2, 0) is 11.3 Å². The first-order chi connectivity index (χ1) is 14.5. The molecule has 0 N–H and O–H groups in total. The Kier molecular flexibility index (Phi) is 5.66. The van der Waals surface area contributed by atoms with Crippen LogP contribution < -0.4 is 0 Å². The van der Waals surface area contributed by atoms with Gasteiger partial charge in [0.25, 0.3) is 11.6 Å². The van der Waals surface area contributed by atoms with Gasteiger partial charge >= 0.3 is 0 Å². The largest absolute Gasteiger partial charge is 0.294 e. The highest BCUT2D eigenvalue weighted by molar-refractivity contribution is 6.08. The Labute approximate surface area is 176 Å². The van der Waals surface area contributed by atoms with Crippen molar-refractivity contribution in [3.05, 3.63) is 64.2 Å². The van der Waals surface area contributed by atoms with E-state index < -0.39 is 5.54 Å². The molecule has 1 fully saturated rings. The van der Waals surface area contributed by atoms with Gasteiger partial charge in [-0.2, -0.15) is 0 Å². The lowest BCUT2D eigenvalue weighted by molar-refractivity contribution is -0.384. The molecule has 6 nitrogen and oxygen atoms in total.